The molecule has 0 saturated carbocycles. The van der Waals surface area contributed by atoms with Gasteiger partial charge in [-0.15, -0.1) is 36.2 Å². The summed E-state index contributed by atoms with van der Waals surface area (Å²) in [5.74, 6) is 0. The van der Waals surface area contributed by atoms with E-state index in [1.54, 1.807) is 11.3 Å². The molecule has 0 aromatic carbocycles. The zero-order chi connectivity index (χ0) is 9.35. The highest BCUT2D eigenvalue weighted by atomic mass is 35.5. The Morgan fingerprint density at radius 3 is 2.14 bits per heavy atom. The Labute approximate surface area is 102 Å². The van der Waals surface area contributed by atoms with E-state index < -0.39 is 0 Å². The summed E-state index contributed by atoms with van der Waals surface area (Å²) in [6.07, 6.45) is 0.930. The highest BCUT2D eigenvalue weighted by molar-refractivity contribution is 7.11. The van der Waals surface area contributed by atoms with E-state index in [0.717, 1.165) is 17.1 Å². The fraction of sp³-hybridized carbons (Fsp3) is 0.667. The van der Waals surface area contributed by atoms with E-state index in [4.69, 9.17) is 5.73 Å². The summed E-state index contributed by atoms with van der Waals surface area (Å²) < 4.78 is 0. The third-order valence-corrected chi connectivity index (χ3v) is 3.60. The molecule has 1 aromatic heterocycles. The smallest absolute Gasteiger partial charge is 0.113 e. The molecular formula is C9H18Cl2N2S. The minimum atomic E-state index is -0.246. The van der Waals surface area contributed by atoms with Gasteiger partial charge >= 0.3 is 0 Å². The number of nitrogens with two attached hydrogens (primary N) is 1. The Morgan fingerprint density at radius 2 is 1.86 bits per heavy atom. The Kier molecular flexibility index (Phi) is 7.00. The number of nitrogens with zero attached hydrogens (tertiary/aromatic N) is 1. The van der Waals surface area contributed by atoms with Crippen molar-refractivity contribution in [2.75, 3.05) is 0 Å². The second kappa shape index (κ2) is 5.91. The molecule has 1 unspecified atom stereocenters. The molecule has 0 aliphatic heterocycles. The first-order valence-electron chi connectivity index (χ1n) is 4.20. The van der Waals surface area contributed by atoms with Crippen molar-refractivity contribution in [3.63, 3.8) is 0 Å². The van der Waals surface area contributed by atoms with Crippen LogP contribution >= 0.6 is 36.2 Å². The van der Waals surface area contributed by atoms with E-state index in [9.17, 15) is 0 Å². The molecule has 0 amide bonds. The molecule has 0 bridgehead atoms. The molecule has 84 valence electrons. The normalized spacial score (nSPS) is 13.8. The lowest BCUT2D eigenvalue weighted by Crippen LogP contribution is -2.31. The molecule has 5 heteroatoms. The van der Waals surface area contributed by atoms with Gasteiger partial charge in [0.1, 0.15) is 5.01 Å². The SMILES string of the molecule is CCC(C)(N)c1nc(C)c(C)s1.Cl.Cl. The minimum Gasteiger partial charge on any atom is -0.320 e. The van der Waals surface area contributed by atoms with Gasteiger partial charge in [-0.25, -0.2) is 4.98 Å². The predicted octanol–water partition coefficient (Wildman–Crippen LogP) is 3.19. The van der Waals surface area contributed by atoms with Crippen LogP contribution in [0.3, 0.4) is 0 Å². The summed E-state index contributed by atoms with van der Waals surface area (Å²) in [4.78, 5) is 5.72. The van der Waals surface area contributed by atoms with Crippen LogP contribution in [-0.4, -0.2) is 4.98 Å². The summed E-state index contributed by atoms with van der Waals surface area (Å²) in [5.41, 5.74) is 6.93. The third kappa shape index (κ3) is 3.39. The molecule has 0 radical (unpaired) electrons. The van der Waals surface area contributed by atoms with Gasteiger partial charge in [-0.2, -0.15) is 0 Å². The summed E-state index contributed by atoms with van der Waals surface area (Å²) >= 11 is 1.71. The fourth-order valence-corrected chi connectivity index (χ4v) is 1.91. The Morgan fingerprint density at radius 1 is 1.36 bits per heavy atom. The topological polar surface area (TPSA) is 38.9 Å². The molecule has 1 heterocycles. The third-order valence-electron chi connectivity index (χ3n) is 2.25. The molecule has 0 fully saturated rings. The van der Waals surface area contributed by atoms with Crippen molar-refractivity contribution in [2.24, 2.45) is 5.73 Å². The summed E-state index contributed by atoms with van der Waals surface area (Å²) in [5, 5.41) is 1.06. The van der Waals surface area contributed by atoms with Gasteiger partial charge in [-0.05, 0) is 27.2 Å². The quantitative estimate of drug-likeness (QED) is 0.883. The van der Waals surface area contributed by atoms with Gasteiger partial charge in [0.2, 0.25) is 0 Å². The zero-order valence-electron chi connectivity index (χ0n) is 8.96. The number of aryl methyl sites for hydroxylation is 2. The van der Waals surface area contributed by atoms with Crippen LogP contribution in [0.15, 0.2) is 0 Å². The molecule has 14 heavy (non-hydrogen) atoms. The summed E-state index contributed by atoms with van der Waals surface area (Å²) in [6.45, 7) is 8.24. The van der Waals surface area contributed by atoms with E-state index in [2.05, 4.69) is 18.8 Å². The van der Waals surface area contributed by atoms with Gasteiger partial charge < -0.3 is 5.73 Å². The second-order valence-electron chi connectivity index (χ2n) is 3.43. The summed E-state index contributed by atoms with van der Waals surface area (Å²) in [6, 6.07) is 0. The molecule has 1 aromatic rings. The van der Waals surface area contributed by atoms with Gasteiger partial charge in [0, 0.05) is 4.88 Å². The molecule has 0 aliphatic carbocycles. The van der Waals surface area contributed by atoms with E-state index in [1.807, 2.05) is 13.8 Å². The average Bonchev–Trinajstić information content (AvgIpc) is 2.33. The molecular weight excluding hydrogens is 239 g/mol. The summed E-state index contributed by atoms with van der Waals surface area (Å²) in [7, 11) is 0. The Bertz CT molecular complexity index is 265. The maximum absolute atomic E-state index is 6.07. The lowest BCUT2D eigenvalue weighted by molar-refractivity contribution is 0.473. The monoisotopic (exact) mass is 256 g/mol. The number of aromatic nitrogens is 1. The van der Waals surface area contributed by atoms with E-state index in [0.29, 0.717) is 0 Å². The van der Waals surface area contributed by atoms with Crippen molar-refractivity contribution < 1.29 is 0 Å². The second-order valence-corrected chi connectivity index (χ2v) is 4.63. The van der Waals surface area contributed by atoms with E-state index in [-0.39, 0.29) is 30.4 Å². The van der Waals surface area contributed by atoms with Gasteiger partial charge in [-0.1, -0.05) is 6.92 Å². The van der Waals surface area contributed by atoms with Crippen LogP contribution in [0.4, 0.5) is 0 Å². The Hall–Kier alpha value is 0.170. The number of thiazole rings is 1. The van der Waals surface area contributed by atoms with E-state index >= 15 is 0 Å². The van der Waals surface area contributed by atoms with Gasteiger partial charge in [0.25, 0.3) is 0 Å². The van der Waals surface area contributed by atoms with Crippen molar-refractivity contribution in [3.8, 4) is 0 Å². The molecule has 0 aliphatic rings. The van der Waals surface area contributed by atoms with Crippen LogP contribution in [0.2, 0.25) is 0 Å². The molecule has 0 spiro atoms. The van der Waals surface area contributed by atoms with E-state index in [1.165, 1.54) is 4.88 Å². The van der Waals surface area contributed by atoms with Crippen LogP contribution in [0, 0.1) is 13.8 Å². The van der Waals surface area contributed by atoms with Crippen LogP contribution in [0.1, 0.15) is 35.8 Å². The van der Waals surface area contributed by atoms with Crippen molar-refractivity contribution in [3.05, 3.63) is 15.6 Å². The molecule has 1 rings (SSSR count). The molecule has 2 N–H and O–H groups in total. The lowest BCUT2D eigenvalue weighted by Gasteiger charge is -2.18. The van der Waals surface area contributed by atoms with Crippen molar-refractivity contribution in [1.29, 1.82) is 0 Å². The first-order valence-corrected chi connectivity index (χ1v) is 5.02. The lowest BCUT2D eigenvalue weighted by atomic mass is 10.0. The number of hydrogen-bond donors (Lipinski definition) is 1. The maximum atomic E-state index is 6.07. The van der Waals surface area contributed by atoms with Gasteiger partial charge in [-0.3, -0.25) is 0 Å². The van der Waals surface area contributed by atoms with Crippen molar-refractivity contribution in [1.82, 2.24) is 4.98 Å². The number of halogens is 2. The van der Waals surface area contributed by atoms with Crippen molar-refractivity contribution in [2.45, 2.75) is 39.7 Å². The first kappa shape index (κ1) is 16.6. The predicted molar refractivity (Wildman–Crippen MR) is 67.9 cm³/mol. The Balaban J connectivity index is 0. The van der Waals surface area contributed by atoms with Crippen molar-refractivity contribution >= 4 is 36.2 Å². The first-order chi connectivity index (χ1) is 5.47. The highest BCUT2D eigenvalue weighted by Crippen LogP contribution is 2.27. The van der Waals surface area contributed by atoms with Gasteiger partial charge in [0.05, 0.1) is 11.2 Å². The molecule has 0 saturated heterocycles. The van der Waals surface area contributed by atoms with Gasteiger partial charge in [0.15, 0.2) is 0 Å². The molecule has 1 atom stereocenters. The minimum absolute atomic E-state index is 0. The number of hydrogen-bond acceptors (Lipinski definition) is 3. The fourth-order valence-electron chi connectivity index (χ4n) is 0.868. The maximum Gasteiger partial charge on any atom is 0.113 e. The van der Waals surface area contributed by atoms with Crippen LogP contribution in [0.5, 0.6) is 0 Å². The zero-order valence-corrected chi connectivity index (χ0v) is 11.4. The largest absolute Gasteiger partial charge is 0.320 e. The standard InChI is InChI=1S/C9H16N2S.2ClH/c1-5-9(4,10)8-11-6(2)7(3)12-8;;/h5,10H2,1-4H3;2*1H. The van der Waals surface area contributed by atoms with Crippen LogP contribution in [-0.2, 0) is 5.54 Å². The number of rotatable bonds is 2. The van der Waals surface area contributed by atoms with Crippen LogP contribution in [0.25, 0.3) is 0 Å². The van der Waals surface area contributed by atoms with Crippen LogP contribution < -0.4 is 5.73 Å². The molecule has 2 nitrogen and oxygen atoms in total. The highest BCUT2D eigenvalue weighted by Gasteiger charge is 2.22. The average molecular weight is 257 g/mol.